The van der Waals surface area contributed by atoms with E-state index >= 15 is 0 Å². The quantitative estimate of drug-likeness (QED) is 0.864. The highest BCUT2D eigenvalue weighted by Crippen LogP contribution is 2.49. The van der Waals surface area contributed by atoms with Crippen LogP contribution in [0.3, 0.4) is 0 Å². The molecule has 1 aromatic carbocycles. The van der Waals surface area contributed by atoms with Crippen molar-refractivity contribution >= 4 is 17.2 Å². The molecule has 3 nitrogen and oxygen atoms in total. The van der Waals surface area contributed by atoms with Crippen molar-refractivity contribution in [2.75, 3.05) is 6.54 Å². The highest BCUT2D eigenvalue weighted by atomic mass is 32.1. The summed E-state index contributed by atoms with van der Waals surface area (Å²) in [7, 11) is 0. The number of fused-ring (bicyclic) bond motifs is 1. The van der Waals surface area contributed by atoms with Gasteiger partial charge in [0.1, 0.15) is 5.82 Å². The summed E-state index contributed by atoms with van der Waals surface area (Å²) in [6.07, 6.45) is 4.39. The molecule has 5 heteroatoms. The van der Waals surface area contributed by atoms with Gasteiger partial charge in [0.05, 0.1) is 16.5 Å². The van der Waals surface area contributed by atoms with Gasteiger partial charge >= 0.3 is 0 Å². The Balaban J connectivity index is 1.74. The minimum atomic E-state index is -0.719. The first kappa shape index (κ1) is 16.7. The molecule has 1 aliphatic carbocycles. The van der Waals surface area contributed by atoms with E-state index in [4.69, 9.17) is 0 Å². The Labute approximate surface area is 151 Å². The lowest BCUT2D eigenvalue weighted by molar-refractivity contribution is -0.114. The first-order valence-corrected chi connectivity index (χ1v) is 9.79. The zero-order valence-electron chi connectivity index (χ0n) is 14.0. The summed E-state index contributed by atoms with van der Waals surface area (Å²) in [5.74, 6) is -0.268. The molecule has 2 aliphatic rings. The van der Waals surface area contributed by atoms with Crippen LogP contribution in [-0.2, 0) is 0 Å². The van der Waals surface area contributed by atoms with Crippen LogP contribution in [-0.4, -0.2) is 28.1 Å². The molecule has 1 saturated carbocycles. The van der Waals surface area contributed by atoms with Crippen LogP contribution in [0.15, 0.2) is 41.8 Å². The van der Waals surface area contributed by atoms with Crippen LogP contribution in [0.4, 0.5) is 4.39 Å². The van der Waals surface area contributed by atoms with Crippen molar-refractivity contribution in [3.05, 3.63) is 58.0 Å². The Morgan fingerprint density at radius 1 is 1.20 bits per heavy atom. The van der Waals surface area contributed by atoms with Gasteiger partial charge in [-0.05, 0) is 48.4 Å². The number of nitrogens with zero attached hydrogens (tertiary/aromatic N) is 1. The van der Waals surface area contributed by atoms with Crippen LogP contribution >= 0.6 is 11.3 Å². The number of benzene rings is 1. The number of aliphatic hydroxyl groups is 1. The lowest BCUT2D eigenvalue weighted by Crippen LogP contribution is -2.56. The van der Waals surface area contributed by atoms with Crippen LogP contribution in [0.25, 0.3) is 0 Å². The lowest BCUT2D eigenvalue weighted by atomic mass is 9.66. The summed E-state index contributed by atoms with van der Waals surface area (Å²) in [5, 5.41) is 13.1. The fourth-order valence-corrected chi connectivity index (χ4v) is 5.20. The molecule has 1 amide bonds. The molecule has 0 bridgehead atoms. The monoisotopic (exact) mass is 359 g/mol. The standard InChI is InChI=1S/C20H22FNO2S/c21-15-8-6-14(7-9-15)18-16-4-1-2-10-20(16,24)11-12-22(18)19(23)17-5-3-13-25-17/h3,5-9,13,16,18,24H,1-2,4,10-12H2/t16-,18-,20-/m0/s1. The zero-order valence-corrected chi connectivity index (χ0v) is 14.8. The van der Waals surface area contributed by atoms with E-state index in [0.29, 0.717) is 17.8 Å². The third kappa shape index (κ3) is 3.00. The molecular formula is C20H22FNO2S. The van der Waals surface area contributed by atoms with Crippen molar-refractivity contribution in [3.8, 4) is 0 Å². The van der Waals surface area contributed by atoms with Crippen molar-refractivity contribution in [3.63, 3.8) is 0 Å². The molecule has 0 unspecified atom stereocenters. The first-order chi connectivity index (χ1) is 12.1. The summed E-state index contributed by atoms with van der Waals surface area (Å²) >= 11 is 1.44. The lowest BCUT2D eigenvalue weighted by Gasteiger charge is -2.52. The molecule has 2 aromatic rings. The fourth-order valence-electron chi connectivity index (χ4n) is 4.52. The van der Waals surface area contributed by atoms with Gasteiger partial charge in [-0.25, -0.2) is 4.39 Å². The molecule has 4 rings (SSSR count). The van der Waals surface area contributed by atoms with E-state index in [1.54, 1.807) is 12.1 Å². The molecule has 132 valence electrons. The van der Waals surface area contributed by atoms with E-state index < -0.39 is 5.60 Å². The molecule has 1 aromatic heterocycles. The maximum Gasteiger partial charge on any atom is 0.264 e. The van der Waals surface area contributed by atoms with Crippen LogP contribution in [0.1, 0.15) is 53.4 Å². The van der Waals surface area contributed by atoms with Crippen molar-refractivity contribution in [1.29, 1.82) is 0 Å². The molecule has 3 atom stereocenters. The SMILES string of the molecule is O=C(c1cccs1)N1CC[C@@]2(O)CCCC[C@H]2[C@@H]1c1ccc(F)cc1. The van der Waals surface area contributed by atoms with Crippen molar-refractivity contribution < 1.29 is 14.3 Å². The van der Waals surface area contributed by atoms with E-state index in [9.17, 15) is 14.3 Å². The fraction of sp³-hybridized carbons (Fsp3) is 0.450. The number of thiophene rings is 1. The molecule has 25 heavy (non-hydrogen) atoms. The van der Waals surface area contributed by atoms with Gasteiger partial charge in [0.15, 0.2) is 0 Å². The van der Waals surface area contributed by atoms with Crippen LogP contribution < -0.4 is 0 Å². The summed E-state index contributed by atoms with van der Waals surface area (Å²) in [4.78, 5) is 15.7. The van der Waals surface area contributed by atoms with Crippen molar-refractivity contribution in [2.45, 2.75) is 43.7 Å². The number of halogens is 1. The third-order valence-corrected chi connectivity index (χ3v) is 6.63. The molecule has 0 radical (unpaired) electrons. The Hall–Kier alpha value is -1.72. The number of likely N-dealkylation sites (tertiary alicyclic amines) is 1. The maximum absolute atomic E-state index is 13.4. The van der Waals surface area contributed by atoms with Gasteiger partial charge in [-0.2, -0.15) is 0 Å². The smallest absolute Gasteiger partial charge is 0.264 e. The van der Waals surface area contributed by atoms with E-state index in [-0.39, 0.29) is 23.7 Å². The van der Waals surface area contributed by atoms with E-state index in [0.717, 1.165) is 31.2 Å². The van der Waals surface area contributed by atoms with Gasteiger partial charge in [-0.3, -0.25) is 4.79 Å². The average molecular weight is 359 g/mol. The van der Waals surface area contributed by atoms with Crippen molar-refractivity contribution in [2.24, 2.45) is 5.92 Å². The second-order valence-corrected chi connectivity index (χ2v) is 8.13. The molecule has 2 heterocycles. The molecule has 2 fully saturated rings. The Morgan fingerprint density at radius 2 is 2.00 bits per heavy atom. The Morgan fingerprint density at radius 3 is 2.72 bits per heavy atom. The number of rotatable bonds is 2. The van der Waals surface area contributed by atoms with Crippen LogP contribution in [0, 0.1) is 11.7 Å². The molecule has 1 saturated heterocycles. The molecule has 1 N–H and O–H groups in total. The number of carbonyl (C=O) groups is 1. The van der Waals surface area contributed by atoms with Gasteiger partial charge in [-0.1, -0.05) is 31.0 Å². The number of amides is 1. The summed E-state index contributed by atoms with van der Waals surface area (Å²) in [6, 6.07) is 9.93. The van der Waals surface area contributed by atoms with Gasteiger partial charge in [-0.15, -0.1) is 11.3 Å². The second-order valence-electron chi connectivity index (χ2n) is 7.18. The van der Waals surface area contributed by atoms with E-state index in [1.165, 1.54) is 23.5 Å². The number of hydrogen-bond acceptors (Lipinski definition) is 3. The normalized spacial score (nSPS) is 29.3. The minimum Gasteiger partial charge on any atom is -0.389 e. The first-order valence-electron chi connectivity index (χ1n) is 8.91. The Kier molecular flexibility index (Phi) is 4.38. The average Bonchev–Trinajstić information content (AvgIpc) is 3.15. The highest BCUT2D eigenvalue weighted by molar-refractivity contribution is 7.12. The van der Waals surface area contributed by atoms with E-state index in [1.807, 2.05) is 22.4 Å². The van der Waals surface area contributed by atoms with Gasteiger partial charge in [0.2, 0.25) is 0 Å². The van der Waals surface area contributed by atoms with Crippen LogP contribution in [0.2, 0.25) is 0 Å². The summed E-state index contributed by atoms with van der Waals surface area (Å²) in [5.41, 5.74) is 0.195. The minimum absolute atomic E-state index is 0.00405. The van der Waals surface area contributed by atoms with Gasteiger partial charge < -0.3 is 10.0 Å². The molecule has 0 spiro atoms. The molecular weight excluding hydrogens is 337 g/mol. The predicted molar refractivity (Wildman–Crippen MR) is 96.0 cm³/mol. The highest BCUT2D eigenvalue weighted by Gasteiger charge is 2.50. The number of carbonyl (C=O) groups excluding carboxylic acids is 1. The number of hydrogen-bond donors (Lipinski definition) is 1. The third-order valence-electron chi connectivity index (χ3n) is 5.77. The largest absolute Gasteiger partial charge is 0.389 e. The second kappa shape index (κ2) is 6.54. The topological polar surface area (TPSA) is 40.5 Å². The Bertz CT molecular complexity index is 746. The molecule has 1 aliphatic heterocycles. The number of piperidine rings is 1. The van der Waals surface area contributed by atoms with Crippen molar-refractivity contribution in [1.82, 2.24) is 4.90 Å². The maximum atomic E-state index is 13.4. The van der Waals surface area contributed by atoms with Gasteiger partial charge in [0, 0.05) is 12.5 Å². The summed E-state index contributed by atoms with van der Waals surface area (Å²) in [6.45, 7) is 0.534. The predicted octanol–water partition coefficient (Wildman–Crippen LogP) is 4.40. The summed E-state index contributed by atoms with van der Waals surface area (Å²) < 4.78 is 13.4. The van der Waals surface area contributed by atoms with E-state index in [2.05, 4.69) is 0 Å². The zero-order chi connectivity index (χ0) is 17.4. The van der Waals surface area contributed by atoms with Crippen LogP contribution in [0.5, 0.6) is 0 Å². The van der Waals surface area contributed by atoms with Gasteiger partial charge in [0.25, 0.3) is 5.91 Å².